The number of esters is 1. The van der Waals surface area contributed by atoms with E-state index in [0.717, 1.165) is 6.20 Å². The van der Waals surface area contributed by atoms with E-state index in [-0.39, 0.29) is 84.9 Å². The van der Waals surface area contributed by atoms with Gasteiger partial charge in [0.1, 0.15) is 23.0 Å². The smallest absolute Gasteiger partial charge is 0.389 e. The molecule has 4 amide bonds. The summed E-state index contributed by atoms with van der Waals surface area (Å²) in [5.41, 5.74) is 1.14. The second-order valence-electron chi connectivity index (χ2n) is 15.2. The van der Waals surface area contributed by atoms with Crippen molar-refractivity contribution < 1.29 is 65.0 Å². The van der Waals surface area contributed by atoms with Gasteiger partial charge in [-0.2, -0.15) is 53.3 Å². The van der Waals surface area contributed by atoms with Gasteiger partial charge in [-0.1, -0.05) is 0 Å². The summed E-state index contributed by atoms with van der Waals surface area (Å²) in [6.45, 7) is 2.46. The molecule has 4 aromatic heterocycles. The number of pyridine rings is 4. The minimum atomic E-state index is -4.45. The van der Waals surface area contributed by atoms with E-state index in [1.807, 2.05) is 9.80 Å². The van der Waals surface area contributed by atoms with Crippen LogP contribution in [-0.4, -0.2) is 118 Å². The lowest BCUT2D eigenvalue weighted by molar-refractivity contribution is -0.134. The minimum Gasteiger partial charge on any atom is -0.478 e. The molecule has 3 N–H and O–H groups in total. The molecular formula is C41H42F6N10O8S2. The Morgan fingerprint density at radius 3 is 1.43 bits per heavy atom. The zero-order chi connectivity index (χ0) is 46.8. The highest BCUT2D eigenvalue weighted by Crippen LogP contribution is 2.41. The fraction of sp³-hybridized carbons (Fsp3) is 0.366. The first-order valence-corrected chi connectivity index (χ1v) is 19.9. The van der Waals surface area contributed by atoms with Gasteiger partial charge in [0.15, 0.2) is 23.2 Å². The second-order valence-corrected chi connectivity index (χ2v) is 15.2. The van der Waals surface area contributed by atoms with Crippen LogP contribution in [0, 0.1) is 0 Å². The van der Waals surface area contributed by atoms with Crippen molar-refractivity contribution in [3.8, 4) is 0 Å². The summed E-state index contributed by atoms with van der Waals surface area (Å²) >= 11 is 0. The van der Waals surface area contributed by atoms with Gasteiger partial charge in [0.05, 0.1) is 54.5 Å². The van der Waals surface area contributed by atoms with Gasteiger partial charge in [0, 0.05) is 51.4 Å². The Morgan fingerprint density at radius 1 is 0.657 bits per heavy atom. The number of ketones is 2. The number of methoxy groups -OCH3 is 1. The number of alkyl halides is 6. The SMILES string of the molecule is COC(=O)c1ccc(NC(=O)N2c3nc(C(=O)CCC(F)(F)F)ccc3N3CC[C@H]2C3)nc1.O=C(O)c1ccc(NC(=O)N2c3nc(C(=O)CCC(F)(F)F)ccc3N3CC[C@H]2C3)nc1.S.S. The largest absolute Gasteiger partial charge is 0.478 e. The molecule has 67 heavy (non-hydrogen) atoms. The molecule has 0 aromatic carbocycles. The van der Waals surface area contributed by atoms with Crippen molar-refractivity contribution in [3.05, 3.63) is 83.4 Å². The number of anilines is 6. The molecular weight excluding hydrogens is 939 g/mol. The third kappa shape index (κ3) is 12.0. The number of urea groups is 2. The van der Waals surface area contributed by atoms with Crippen LogP contribution in [0.2, 0.25) is 0 Å². The Bertz CT molecular complexity index is 2520. The summed E-state index contributed by atoms with van der Waals surface area (Å²) in [6.07, 6.45) is -9.16. The van der Waals surface area contributed by atoms with Gasteiger partial charge in [0.2, 0.25) is 0 Å². The zero-order valence-corrected chi connectivity index (χ0v) is 37.1. The van der Waals surface area contributed by atoms with Crippen LogP contribution in [0.3, 0.4) is 0 Å². The van der Waals surface area contributed by atoms with Crippen molar-refractivity contribution in [2.75, 3.05) is 63.5 Å². The standard InChI is InChI=1S/C21H20F3N5O4.C20H18F3N5O4.2H2S/c1-33-19(31)12-2-5-17(25-10-12)27-20(32)29-13-7-9-28(11-13)15-4-3-14(26-18(15)29)16(30)6-8-21(22,23)24;21-20(22,23)7-5-15(29)13-2-3-14-17(25-13)28(12-6-8-27(14)10-12)19(32)26-16-4-1-11(9-24-16)18(30)31;;/h2-5,10,13H,6-9,11H2,1H3,(H,25,27,32);1-4,9,12H,5-8,10H2,(H,30,31)(H,24,26,32);2*1H2/t13-;12-;;/m00../s1. The number of ether oxygens (including phenoxy) is 1. The van der Waals surface area contributed by atoms with Crippen molar-refractivity contribution in [1.29, 1.82) is 0 Å². The summed E-state index contributed by atoms with van der Waals surface area (Å²) < 4.78 is 79.6. The third-order valence-electron chi connectivity index (χ3n) is 10.8. The van der Waals surface area contributed by atoms with E-state index in [1.54, 1.807) is 12.1 Å². The van der Waals surface area contributed by atoms with Crippen LogP contribution in [0.4, 0.5) is 70.6 Å². The number of carboxylic acids is 1. The predicted octanol–water partition coefficient (Wildman–Crippen LogP) is 6.98. The number of aromatic nitrogens is 4. The van der Waals surface area contributed by atoms with Gasteiger partial charge in [-0.25, -0.2) is 39.1 Å². The normalized spacial score (nSPS) is 16.5. The van der Waals surface area contributed by atoms with Crippen LogP contribution in [0.1, 0.15) is 80.2 Å². The topological polar surface area (TPSA) is 220 Å². The van der Waals surface area contributed by atoms with Gasteiger partial charge in [0.25, 0.3) is 0 Å². The number of carbonyl (C=O) groups excluding carboxylic acids is 5. The molecule has 0 spiro atoms. The third-order valence-corrected chi connectivity index (χ3v) is 10.8. The van der Waals surface area contributed by atoms with Crippen molar-refractivity contribution in [2.45, 2.75) is 63.0 Å². The number of aromatic carboxylic acids is 1. The monoisotopic (exact) mass is 980 g/mol. The van der Waals surface area contributed by atoms with Gasteiger partial charge < -0.3 is 19.6 Å². The fourth-order valence-corrected chi connectivity index (χ4v) is 7.66. The maximum atomic E-state index is 13.1. The number of rotatable bonds is 10. The van der Waals surface area contributed by atoms with Crippen LogP contribution < -0.4 is 30.2 Å². The van der Waals surface area contributed by atoms with E-state index in [9.17, 15) is 55.1 Å². The summed E-state index contributed by atoms with van der Waals surface area (Å²) in [4.78, 5) is 96.5. The predicted molar refractivity (Wildman–Crippen MR) is 239 cm³/mol. The Kier molecular flexibility index (Phi) is 16.0. The maximum Gasteiger partial charge on any atom is 0.389 e. The average Bonchev–Trinajstić information content (AvgIpc) is 3.89. The fourth-order valence-electron chi connectivity index (χ4n) is 7.66. The highest BCUT2D eigenvalue weighted by Gasteiger charge is 2.42. The molecule has 0 unspecified atom stereocenters. The number of carboxylic acid groups (broad SMARTS) is 1. The van der Waals surface area contributed by atoms with Crippen LogP contribution in [0.15, 0.2) is 60.9 Å². The highest BCUT2D eigenvalue weighted by atomic mass is 32.1. The van der Waals surface area contributed by atoms with Crippen LogP contribution in [0.25, 0.3) is 0 Å². The highest BCUT2D eigenvalue weighted by molar-refractivity contribution is 7.59. The number of halogens is 6. The molecule has 2 fully saturated rings. The lowest BCUT2D eigenvalue weighted by Crippen LogP contribution is -2.48. The lowest BCUT2D eigenvalue weighted by Gasteiger charge is -2.35. The number of fused-ring (bicyclic) bond motifs is 8. The molecule has 18 nitrogen and oxygen atoms in total. The number of nitrogens with one attached hydrogen (secondary N) is 2. The Labute approximate surface area is 391 Å². The van der Waals surface area contributed by atoms with Crippen molar-refractivity contribution in [3.63, 3.8) is 0 Å². The Balaban J connectivity index is 0.000000244. The van der Waals surface area contributed by atoms with Gasteiger partial charge in [-0.05, 0) is 61.4 Å². The molecule has 4 aromatic rings. The van der Waals surface area contributed by atoms with E-state index >= 15 is 0 Å². The van der Waals surface area contributed by atoms with Crippen LogP contribution in [0.5, 0.6) is 0 Å². The van der Waals surface area contributed by atoms with Crippen LogP contribution in [-0.2, 0) is 4.74 Å². The average molecular weight is 981 g/mol. The zero-order valence-electron chi connectivity index (χ0n) is 35.1. The first-order chi connectivity index (χ1) is 30.8. The Morgan fingerprint density at radius 2 is 1.07 bits per heavy atom. The van der Waals surface area contributed by atoms with E-state index in [1.165, 1.54) is 59.5 Å². The first kappa shape index (κ1) is 51.3. The number of hydrogen-bond acceptors (Lipinski definition) is 13. The van der Waals surface area contributed by atoms with Gasteiger partial charge >= 0.3 is 36.4 Å². The molecule has 0 saturated carbocycles. The van der Waals surface area contributed by atoms with Crippen LogP contribution >= 0.6 is 27.0 Å². The number of carbonyl (C=O) groups is 6. The second kappa shape index (κ2) is 20.9. The molecule has 358 valence electrons. The summed E-state index contributed by atoms with van der Waals surface area (Å²) in [5.74, 6) is -2.51. The minimum absolute atomic E-state index is 0. The van der Waals surface area contributed by atoms with Crippen molar-refractivity contribution in [1.82, 2.24) is 19.9 Å². The first-order valence-electron chi connectivity index (χ1n) is 19.9. The van der Waals surface area contributed by atoms with Gasteiger partial charge in [-0.3, -0.25) is 30.0 Å². The molecule has 0 aliphatic carbocycles. The Hall–Kier alpha value is -6.70. The lowest BCUT2D eigenvalue weighted by atomic mass is 10.1. The molecule has 8 heterocycles. The quantitative estimate of drug-likeness (QED) is 0.0830. The van der Waals surface area contributed by atoms with Gasteiger partial charge in [-0.15, -0.1) is 0 Å². The summed E-state index contributed by atoms with van der Waals surface area (Å²) in [5, 5.41) is 14.2. The number of nitrogens with zero attached hydrogens (tertiary/aromatic N) is 8. The molecule has 4 aliphatic rings. The van der Waals surface area contributed by atoms with Crippen molar-refractivity contribution in [2.24, 2.45) is 0 Å². The number of amides is 4. The molecule has 26 heteroatoms. The summed E-state index contributed by atoms with van der Waals surface area (Å²) in [6, 6.07) is 9.89. The summed E-state index contributed by atoms with van der Waals surface area (Å²) in [7, 11) is 1.24. The van der Waals surface area contributed by atoms with E-state index < -0.39 is 73.6 Å². The van der Waals surface area contributed by atoms with E-state index in [4.69, 9.17) is 5.11 Å². The van der Waals surface area contributed by atoms with Crippen molar-refractivity contribution >= 4 is 97.2 Å². The van der Waals surface area contributed by atoms with E-state index in [0.29, 0.717) is 50.4 Å². The molecule has 4 bridgehead atoms. The van der Waals surface area contributed by atoms with E-state index in [2.05, 4.69) is 35.3 Å². The molecule has 2 atom stereocenters. The number of Topliss-reactive ketones (excluding diaryl/α,β-unsaturated/α-hetero) is 2. The molecule has 8 rings (SSSR count). The molecule has 0 radical (unpaired) electrons. The molecule has 2 saturated heterocycles. The molecule has 4 aliphatic heterocycles. The number of hydrogen-bond donors (Lipinski definition) is 3. The maximum absolute atomic E-state index is 13.1.